The second-order valence-corrected chi connectivity index (χ2v) is 12.6. The molecule has 0 fully saturated rings. The number of nitrogens with zero attached hydrogens (tertiary/aromatic N) is 5. The van der Waals surface area contributed by atoms with Crippen molar-refractivity contribution in [3.8, 4) is 79.1 Å². The first kappa shape index (κ1) is 30.9. The standard InChI is InChI=1S/C47H31N5/c1-4-13-32(14-5-1)34-23-27-37(28-24-34)45-50-46(38-29-25-35(26-30-38)33-15-6-2-7-16-33)52-47(51-45)40-20-12-19-39(31-40)43-41-21-10-11-22-42(41)48-44(49-43)36-17-8-3-9-18-36/h1-31H. The lowest BCUT2D eigenvalue weighted by molar-refractivity contribution is 1.07. The monoisotopic (exact) mass is 665 g/mol. The van der Waals surface area contributed by atoms with Crippen LogP contribution in [0.3, 0.4) is 0 Å². The fourth-order valence-corrected chi connectivity index (χ4v) is 6.47. The molecule has 9 aromatic rings. The molecular formula is C47H31N5. The van der Waals surface area contributed by atoms with E-state index in [9.17, 15) is 0 Å². The number of para-hydroxylation sites is 1. The molecular weight excluding hydrogens is 635 g/mol. The van der Waals surface area contributed by atoms with Gasteiger partial charge in [-0.3, -0.25) is 0 Å². The van der Waals surface area contributed by atoms with Crippen molar-refractivity contribution in [3.05, 3.63) is 188 Å². The third-order valence-electron chi connectivity index (χ3n) is 9.17. The van der Waals surface area contributed by atoms with Crippen LogP contribution in [0.5, 0.6) is 0 Å². The molecule has 0 unspecified atom stereocenters. The molecule has 0 saturated heterocycles. The van der Waals surface area contributed by atoms with Crippen LogP contribution in [0.25, 0.3) is 90.0 Å². The van der Waals surface area contributed by atoms with Crippen molar-refractivity contribution >= 4 is 10.9 Å². The van der Waals surface area contributed by atoms with Gasteiger partial charge in [0.25, 0.3) is 0 Å². The fourth-order valence-electron chi connectivity index (χ4n) is 6.47. The van der Waals surface area contributed by atoms with E-state index in [0.717, 1.165) is 66.7 Å². The summed E-state index contributed by atoms with van der Waals surface area (Å²) >= 11 is 0. The first-order chi connectivity index (χ1) is 25.7. The SMILES string of the molecule is c1ccc(-c2ccc(-c3nc(-c4ccc(-c5ccccc5)cc4)nc(-c4cccc(-c5nc(-c6ccccc6)nc6ccccc56)c4)n3)cc2)cc1. The van der Waals surface area contributed by atoms with Crippen LogP contribution in [0.2, 0.25) is 0 Å². The summed E-state index contributed by atoms with van der Waals surface area (Å²) in [7, 11) is 0. The minimum Gasteiger partial charge on any atom is -0.228 e. The summed E-state index contributed by atoms with van der Waals surface area (Å²) in [4.78, 5) is 25.2. The summed E-state index contributed by atoms with van der Waals surface area (Å²) in [6, 6.07) is 64.1. The molecule has 0 aliphatic heterocycles. The van der Waals surface area contributed by atoms with E-state index in [0.29, 0.717) is 23.3 Å². The van der Waals surface area contributed by atoms with Crippen molar-refractivity contribution < 1.29 is 0 Å². The van der Waals surface area contributed by atoms with Crippen LogP contribution in [0.15, 0.2) is 188 Å². The van der Waals surface area contributed by atoms with Crippen LogP contribution < -0.4 is 0 Å². The van der Waals surface area contributed by atoms with Crippen molar-refractivity contribution in [2.75, 3.05) is 0 Å². The molecule has 0 aliphatic rings. The van der Waals surface area contributed by atoms with Gasteiger partial charge in [0.1, 0.15) is 0 Å². The number of hydrogen-bond acceptors (Lipinski definition) is 5. The van der Waals surface area contributed by atoms with Crippen molar-refractivity contribution in [3.63, 3.8) is 0 Å². The zero-order chi connectivity index (χ0) is 34.7. The maximum Gasteiger partial charge on any atom is 0.164 e. The zero-order valence-corrected chi connectivity index (χ0v) is 28.1. The third kappa shape index (κ3) is 6.23. The van der Waals surface area contributed by atoms with Crippen molar-refractivity contribution in [1.82, 2.24) is 24.9 Å². The molecule has 9 rings (SSSR count). The van der Waals surface area contributed by atoms with Gasteiger partial charge in [0.2, 0.25) is 0 Å². The first-order valence-electron chi connectivity index (χ1n) is 17.3. The number of rotatable bonds is 7. The summed E-state index contributed by atoms with van der Waals surface area (Å²) in [6.45, 7) is 0. The summed E-state index contributed by atoms with van der Waals surface area (Å²) < 4.78 is 0. The Morgan fingerprint density at radius 1 is 0.231 bits per heavy atom. The highest BCUT2D eigenvalue weighted by molar-refractivity contribution is 5.94. The molecule has 52 heavy (non-hydrogen) atoms. The average Bonchev–Trinajstić information content (AvgIpc) is 3.24. The molecule has 0 aliphatic carbocycles. The molecule has 0 radical (unpaired) electrons. The number of aromatic nitrogens is 5. The van der Waals surface area contributed by atoms with E-state index in [4.69, 9.17) is 24.9 Å². The highest BCUT2D eigenvalue weighted by Gasteiger charge is 2.16. The van der Waals surface area contributed by atoms with Gasteiger partial charge in [0, 0.05) is 33.2 Å². The van der Waals surface area contributed by atoms with Crippen molar-refractivity contribution in [2.24, 2.45) is 0 Å². The molecule has 5 heteroatoms. The summed E-state index contributed by atoms with van der Waals surface area (Å²) in [5, 5.41) is 0.980. The van der Waals surface area contributed by atoms with Crippen molar-refractivity contribution in [1.29, 1.82) is 0 Å². The number of hydrogen-bond donors (Lipinski definition) is 0. The summed E-state index contributed by atoms with van der Waals surface area (Å²) in [6.07, 6.45) is 0. The van der Waals surface area contributed by atoms with E-state index in [-0.39, 0.29) is 0 Å². The van der Waals surface area contributed by atoms with Crippen molar-refractivity contribution in [2.45, 2.75) is 0 Å². The fraction of sp³-hybridized carbons (Fsp3) is 0. The molecule has 5 nitrogen and oxygen atoms in total. The third-order valence-corrected chi connectivity index (χ3v) is 9.17. The van der Waals surface area contributed by atoms with Gasteiger partial charge in [-0.15, -0.1) is 0 Å². The number of fused-ring (bicyclic) bond motifs is 1. The van der Waals surface area contributed by atoms with Crippen LogP contribution in [0.4, 0.5) is 0 Å². The zero-order valence-electron chi connectivity index (χ0n) is 28.1. The van der Waals surface area contributed by atoms with Gasteiger partial charge in [0.15, 0.2) is 23.3 Å². The lowest BCUT2D eigenvalue weighted by Crippen LogP contribution is -2.00. The summed E-state index contributed by atoms with van der Waals surface area (Å²) in [5.74, 6) is 2.48. The minimum absolute atomic E-state index is 0.586. The second kappa shape index (κ2) is 13.7. The van der Waals surface area contributed by atoms with E-state index in [1.165, 1.54) is 0 Å². The van der Waals surface area contributed by atoms with Crippen LogP contribution in [0.1, 0.15) is 0 Å². The Bertz CT molecular complexity index is 2540. The first-order valence-corrected chi connectivity index (χ1v) is 17.3. The van der Waals surface area contributed by atoms with Crippen LogP contribution in [-0.2, 0) is 0 Å². The van der Waals surface area contributed by atoms with E-state index < -0.39 is 0 Å². The molecule has 0 saturated carbocycles. The van der Waals surface area contributed by atoms with Gasteiger partial charge >= 0.3 is 0 Å². The van der Waals surface area contributed by atoms with E-state index in [2.05, 4.69) is 115 Å². The topological polar surface area (TPSA) is 64.5 Å². The molecule has 0 bridgehead atoms. The largest absolute Gasteiger partial charge is 0.228 e. The lowest BCUT2D eigenvalue weighted by Gasteiger charge is -2.12. The second-order valence-electron chi connectivity index (χ2n) is 12.6. The average molecular weight is 666 g/mol. The van der Waals surface area contributed by atoms with Crippen LogP contribution >= 0.6 is 0 Å². The molecule has 2 aromatic heterocycles. The maximum atomic E-state index is 5.11. The van der Waals surface area contributed by atoms with E-state index in [1.54, 1.807) is 0 Å². The maximum absolute atomic E-state index is 5.11. The number of benzene rings is 7. The highest BCUT2D eigenvalue weighted by atomic mass is 15.0. The van der Waals surface area contributed by atoms with Gasteiger partial charge in [-0.2, -0.15) is 0 Å². The van der Waals surface area contributed by atoms with Gasteiger partial charge < -0.3 is 0 Å². The normalized spacial score (nSPS) is 11.1. The minimum atomic E-state index is 0.586. The Morgan fingerprint density at radius 2 is 0.596 bits per heavy atom. The molecule has 244 valence electrons. The Kier molecular flexibility index (Phi) is 8.12. The van der Waals surface area contributed by atoms with Gasteiger partial charge in [-0.1, -0.05) is 176 Å². The molecule has 0 N–H and O–H groups in total. The van der Waals surface area contributed by atoms with Crippen LogP contribution in [-0.4, -0.2) is 24.9 Å². The quantitative estimate of drug-likeness (QED) is 0.169. The van der Waals surface area contributed by atoms with Crippen LogP contribution in [0, 0.1) is 0 Å². The molecule has 0 spiro atoms. The Balaban J connectivity index is 1.16. The van der Waals surface area contributed by atoms with Gasteiger partial charge in [-0.05, 0) is 34.4 Å². The predicted octanol–water partition coefficient (Wildman–Crippen LogP) is 11.5. The Morgan fingerprint density at radius 3 is 1.15 bits per heavy atom. The lowest BCUT2D eigenvalue weighted by atomic mass is 10.0. The Hall–Kier alpha value is -7.11. The predicted molar refractivity (Wildman–Crippen MR) is 211 cm³/mol. The molecule has 0 atom stereocenters. The van der Waals surface area contributed by atoms with E-state index in [1.807, 2.05) is 72.8 Å². The van der Waals surface area contributed by atoms with E-state index >= 15 is 0 Å². The van der Waals surface area contributed by atoms with Gasteiger partial charge in [-0.25, -0.2) is 24.9 Å². The molecule has 0 amide bonds. The highest BCUT2D eigenvalue weighted by Crippen LogP contribution is 2.33. The Labute approximate surface area is 302 Å². The smallest absolute Gasteiger partial charge is 0.164 e. The molecule has 2 heterocycles. The summed E-state index contributed by atoms with van der Waals surface area (Å²) in [5.41, 5.74) is 11.0. The van der Waals surface area contributed by atoms with Gasteiger partial charge in [0.05, 0.1) is 11.2 Å². The molecule has 7 aromatic carbocycles.